The van der Waals surface area contributed by atoms with Crippen LogP contribution in [0.5, 0.6) is 0 Å². The summed E-state index contributed by atoms with van der Waals surface area (Å²) in [4.78, 5) is 0. The Kier molecular flexibility index (Phi) is 3.48. The van der Waals surface area contributed by atoms with E-state index in [0.29, 0.717) is 11.3 Å². The Bertz CT molecular complexity index is 449. The minimum atomic E-state index is -0.0625. The van der Waals surface area contributed by atoms with E-state index in [1.165, 1.54) is 32.1 Å². The molecule has 4 fully saturated rings. The molecule has 4 saturated carbocycles. The second-order valence-corrected chi connectivity index (χ2v) is 9.77. The van der Waals surface area contributed by atoms with E-state index in [-0.39, 0.29) is 17.6 Å². The Morgan fingerprint density at radius 3 is 2.23 bits per heavy atom. The zero-order valence-electron chi connectivity index (χ0n) is 14.6. The zero-order chi connectivity index (χ0) is 15.7. The van der Waals surface area contributed by atoms with Gasteiger partial charge in [0, 0.05) is 0 Å². The van der Waals surface area contributed by atoms with Crippen molar-refractivity contribution in [2.75, 3.05) is 0 Å². The van der Waals surface area contributed by atoms with E-state index >= 15 is 0 Å². The van der Waals surface area contributed by atoms with Gasteiger partial charge in [-0.25, -0.2) is 0 Å². The first-order chi connectivity index (χ1) is 10.4. The summed E-state index contributed by atoms with van der Waals surface area (Å²) < 4.78 is 0. The molecule has 2 heteroatoms. The van der Waals surface area contributed by atoms with Crippen LogP contribution in [0, 0.1) is 40.4 Å². The lowest BCUT2D eigenvalue weighted by Gasteiger charge is -2.62. The summed E-state index contributed by atoms with van der Waals surface area (Å²) in [5.74, 6) is 3.86. The van der Waals surface area contributed by atoms with Crippen LogP contribution in [0.4, 0.5) is 0 Å². The maximum absolute atomic E-state index is 10.5. The van der Waals surface area contributed by atoms with Crippen molar-refractivity contribution in [3.63, 3.8) is 0 Å². The predicted molar refractivity (Wildman–Crippen MR) is 88.3 cm³/mol. The molecular formula is C20H34O2. The van der Waals surface area contributed by atoms with Crippen molar-refractivity contribution in [2.45, 2.75) is 84.3 Å². The fraction of sp³-hybridized carbons (Fsp3) is 1.00. The van der Waals surface area contributed by atoms with E-state index in [9.17, 15) is 10.2 Å². The van der Waals surface area contributed by atoms with Crippen molar-refractivity contribution in [3.8, 4) is 0 Å². The van der Waals surface area contributed by atoms with Gasteiger partial charge in [-0.05, 0) is 91.8 Å². The lowest BCUT2D eigenvalue weighted by atomic mass is 9.43. The van der Waals surface area contributed by atoms with Crippen LogP contribution in [0.1, 0.15) is 72.1 Å². The van der Waals surface area contributed by atoms with E-state index in [0.717, 1.165) is 42.9 Å². The molecule has 0 heterocycles. The van der Waals surface area contributed by atoms with E-state index in [2.05, 4.69) is 20.8 Å². The molecule has 4 aliphatic carbocycles. The van der Waals surface area contributed by atoms with Crippen LogP contribution >= 0.6 is 0 Å². The molecule has 0 spiro atoms. The van der Waals surface area contributed by atoms with Crippen molar-refractivity contribution >= 4 is 0 Å². The van der Waals surface area contributed by atoms with E-state index in [1.807, 2.05) is 0 Å². The highest BCUT2D eigenvalue weighted by molar-refractivity contribution is 5.10. The topological polar surface area (TPSA) is 40.5 Å². The van der Waals surface area contributed by atoms with Crippen molar-refractivity contribution in [1.82, 2.24) is 0 Å². The quantitative estimate of drug-likeness (QED) is 0.710. The Balaban J connectivity index is 1.66. The number of rotatable bonds is 0. The third kappa shape index (κ3) is 1.92. The molecule has 2 nitrogen and oxygen atoms in total. The Labute approximate surface area is 135 Å². The van der Waals surface area contributed by atoms with Gasteiger partial charge < -0.3 is 10.2 Å². The molecule has 0 saturated heterocycles. The minimum Gasteiger partial charge on any atom is -0.393 e. The predicted octanol–water partition coefficient (Wildman–Crippen LogP) is 4.00. The van der Waals surface area contributed by atoms with Crippen LogP contribution in [-0.4, -0.2) is 22.4 Å². The second kappa shape index (κ2) is 4.96. The molecule has 9 atom stereocenters. The van der Waals surface area contributed by atoms with Crippen molar-refractivity contribution in [2.24, 2.45) is 40.4 Å². The van der Waals surface area contributed by atoms with Gasteiger partial charge in [0.05, 0.1) is 12.2 Å². The summed E-state index contributed by atoms with van der Waals surface area (Å²) in [5, 5.41) is 20.7. The SMILES string of the molecule is C[C@H]1C[C@@H]2[C@H](CC[C@]3(C)[C@H](O)CC[C@@H]23)[C@@]2(C)CC[C@@H](O)C[C@H]12. The van der Waals surface area contributed by atoms with Crippen LogP contribution in [-0.2, 0) is 0 Å². The van der Waals surface area contributed by atoms with Crippen molar-refractivity contribution in [3.05, 3.63) is 0 Å². The highest BCUT2D eigenvalue weighted by atomic mass is 16.3. The Morgan fingerprint density at radius 2 is 1.45 bits per heavy atom. The highest BCUT2D eigenvalue weighted by Crippen LogP contribution is 2.67. The van der Waals surface area contributed by atoms with Gasteiger partial charge in [0.15, 0.2) is 0 Å². The number of aliphatic hydroxyl groups is 2. The summed E-state index contributed by atoms with van der Waals surface area (Å²) in [6.45, 7) is 7.36. The largest absolute Gasteiger partial charge is 0.393 e. The van der Waals surface area contributed by atoms with Gasteiger partial charge in [0.1, 0.15) is 0 Å². The summed E-state index contributed by atoms with van der Waals surface area (Å²) >= 11 is 0. The molecule has 0 aliphatic heterocycles. The molecule has 22 heavy (non-hydrogen) atoms. The molecule has 4 rings (SSSR count). The van der Waals surface area contributed by atoms with Crippen LogP contribution in [0.25, 0.3) is 0 Å². The van der Waals surface area contributed by atoms with E-state index < -0.39 is 0 Å². The lowest BCUT2D eigenvalue weighted by molar-refractivity contribution is -0.152. The summed E-state index contributed by atoms with van der Waals surface area (Å²) in [5.41, 5.74) is 0.634. The first-order valence-corrected chi connectivity index (χ1v) is 9.72. The van der Waals surface area contributed by atoms with Gasteiger partial charge in [-0.1, -0.05) is 20.8 Å². The lowest BCUT2D eigenvalue weighted by Crippen LogP contribution is -2.56. The zero-order valence-corrected chi connectivity index (χ0v) is 14.6. The monoisotopic (exact) mass is 306 g/mol. The van der Waals surface area contributed by atoms with Gasteiger partial charge in [-0.3, -0.25) is 0 Å². The van der Waals surface area contributed by atoms with Gasteiger partial charge >= 0.3 is 0 Å². The van der Waals surface area contributed by atoms with Crippen molar-refractivity contribution in [1.29, 1.82) is 0 Å². The molecule has 0 radical (unpaired) electrons. The first kappa shape index (κ1) is 15.4. The summed E-state index contributed by atoms with van der Waals surface area (Å²) in [6, 6.07) is 0. The summed E-state index contributed by atoms with van der Waals surface area (Å²) in [6.07, 6.45) is 9.28. The van der Waals surface area contributed by atoms with Crippen LogP contribution < -0.4 is 0 Å². The van der Waals surface area contributed by atoms with Gasteiger partial charge in [0.25, 0.3) is 0 Å². The molecule has 0 aromatic heterocycles. The maximum Gasteiger partial charge on any atom is 0.0596 e. The molecular weight excluding hydrogens is 272 g/mol. The smallest absolute Gasteiger partial charge is 0.0596 e. The molecule has 0 amide bonds. The number of aliphatic hydroxyl groups excluding tert-OH is 2. The summed E-state index contributed by atoms with van der Waals surface area (Å²) in [7, 11) is 0. The Hall–Kier alpha value is -0.0800. The van der Waals surface area contributed by atoms with Crippen LogP contribution in [0.2, 0.25) is 0 Å². The average molecular weight is 306 g/mol. The van der Waals surface area contributed by atoms with Gasteiger partial charge in [0.2, 0.25) is 0 Å². The molecule has 126 valence electrons. The highest BCUT2D eigenvalue weighted by Gasteiger charge is 2.61. The maximum atomic E-state index is 10.5. The third-order valence-corrected chi connectivity index (χ3v) is 8.95. The number of hydrogen-bond acceptors (Lipinski definition) is 2. The fourth-order valence-electron chi connectivity index (χ4n) is 7.69. The molecule has 2 N–H and O–H groups in total. The third-order valence-electron chi connectivity index (χ3n) is 8.95. The minimum absolute atomic E-state index is 0.0563. The van der Waals surface area contributed by atoms with Crippen LogP contribution in [0.3, 0.4) is 0 Å². The van der Waals surface area contributed by atoms with Gasteiger partial charge in [-0.15, -0.1) is 0 Å². The normalized spacial score (nSPS) is 61.2. The Morgan fingerprint density at radius 1 is 0.773 bits per heavy atom. The molecule has 0 aromatic carbocycles. The first-order valence-electron chi connectivity index (χ1n) is 9.72. The van der Waals surface area contributed by atoms with Crippen molar-refractivity contribution < 1.29 is 10.2 Å². The molecule has 0 bridgehead atoms. The average Bonchev–Trinajstić information content (AvgIpc) is 2.77. The standard InChI is InChI=1S/C20H34O2/c1-12-10-14-15-4-5-18(22)20(15,3)9-7-16(14)19(2)8-6-13(21)11-17(12)19/h12-18,21-22H,4-11H2,1-3H3/t12-,13+,14-,15-,16-,17+,18+,19+,20-/m0/s1. The van der Waals surface area contributed by atoms with E-state index in [1.54, 1.807) is 0 Å². The second-order valence-electron chi connectivity index (χ2n) is 9.77. The molecule has 4 aliphatic rings. The fourth-order valence-corrected chi connectivity index (χ4v) is 7.69. The molecule has 0 aromatic rings. The van der Waals surface area contributed by atoms with Crippen LogP contribution in [0.15, 0.2) is 0 Å². The number of hydrogen-bond donors (Lipinski definition) is 2. The molecule has 0 unspecified atom stereocenters. The number of fused-ring (bicyclic) bond motifs is 5. The van der Waals surface area contributed by atoms with E-state index in [4.69, 9.17) is 0 Å². The van der Waals surface area contributed by atoms with Gasteiger partial charge in [-0.2, -0.15) is 0 Å².